The van der Waals surface area contributed by atoms with Crippen LogP contribution < -0.4 is 16.2 Å². The highest BCUT2D eigenvalue weighted by Gasteiger charge is 2.45. The van der Waals surface area contributed by atoms with E-state index in [-0.39, 0.29) is 23.6 Å². The summed E-state index contributed by atoms with van der Waals surface area (Å²) in [6.45, 7) is 0.123. The van der Waals surface area contributed by atoms with E-state index in [1.165, 1.54) is 17.6 Å². The van der Waals surface area contributed by atoms with Crippen LogP contribution in [0, 0.1) is 0 Å². The Morgan fingerprint density at radius 1 is 1.32 bits per heavy atom. The fourth-order valence-corrected chi connectivity index (χ4v) is 4.42. The van der Waals surface area contributed by atoms with Crippen molar-refractivity contribution in [1.82, 2.24) is 25.2 Å². The number of fused-ring (bicyclic) bond motifs is 1. The quantitative estimate of drug-likeness (QED) is 0.605. The Kier molecular flexibility index (Phi) is 4.81. The summed E-state index contributed by atoms with van der Waals surface area (Å²) in [6.07, 6.45) is 2.80. The molecule has 2 heterocycles. The lowest BCUT2D eigenvalue weighted by Gasteiger charge is -2.42. The van der Waals surface area contributed by atoms with Gasteiger partial charge in [-0.3, -0.25) is 9.89 Å². The van der Waals surface area contributed by atoms with Crippen LogP contribution in [0.1, 0.15) is 36.2 Å². The monoisotopic (exact) mass is 419 g/mol. The SMILES string of the molecule is CNC(=O)NCc1cc(=O)n2[nH]c(C3(c4ccccc4Cl)CCC3)c(Cl)c2n1. The topological polar surface area (TPSA) is 91.3 Å². The second-order valence-corrected chi connectivity index (χ2v) is 7.68. The Hall–Kier alpha value is -2.51. The molecule has 1 saturated carbocycles. The van der Waals surface area contributed by atoms with Gasteiger partial charge in [0.2, 0.25) is 0 Å². The molecule has 0 spiro atoms. The van der Waals surface area contributed by atoms with E-state index in [0.29, 0.717) is 21.4 Å². The number of hydrogen-bond donors (Lipinski definition) is 3. The minimum Gasteiger partial charge on any atom is -0.341 e. The molecule has 3 N–H and O–H groups in total. The predicted molar refractivity (Wildman–Crippen MR) is 108 cm³/mol. The van der Waals surface area contributed by atoms with Gasteiger partial charge in [-0.15, -0.1) is 0 Å². The van der Waals surface area contributed by atoms with Crippen LogP contribution >= 0.6 is 23.2 Å². The molecule has 146 valence electrons. The second kappa shape index (κ2) is 7.14. The third-order valence-electron chi connectivity index (χ3n) is 5.34. The number of aromatic amines is 1. The third-order valence-corrected chi connectivity index (χ3v) is 6.03. The highest BCUT2D eigenvalue weighted by molar-refractivity contribution is 6.34. The first kappa shape index (κ1) is 18.8. The van der Waals surface area contributed by atoms with Crippen molar-refractivity contribution < 1.29 is 4.79 Å². The Bertz CT molecular complexity index is 1120. The van der Waals surface area contributed by atoms with Crippen molar-refractivity contribution in [2.24, 2.45) is 0 Å². The number of rotatable bonds is 4. The van der Waals surface area contributed by atoms with Gasteiger partial charge < -0.3 is 10.6 Å². The molecule has 1 fully saturated rings. The molecule has 0 saturated heterocycles. The number of benzene rings is 1. The number of carbonyl (C=O) groups excluding carboxylic acids is 1. The lowest BCUT2D eigenvalue weighted by molar-refractivity contribution is 0.242. The zero-order valence-electron chi connectivity index (χ0n) is 15.2. The lowest BCUT2D eigenvalue weighted by Crippen LogP contribution is -2.36. The number of H-pyrrole nitrogens is 1. The molecule has 0 bridgehead atoms. The van der Waals surface area contributed by atoms with Gasteiger partial charge in [0.25, 0.3) is 5.56 Å². The van der Waals surface area contributed by atoms with Gasteiger partial charge in [-0.05, 0) is 24.5 Å². The van der Waals surface area contributed by atoms with E-state index in [4.69, 9.17) is 23.2 Å². The second-order valence-electron chi connectivity index (χ2n) is 6.89. The molecule has 0 atom stereocenters. The number of hydrogen-bond acceptors (Lipinski definition) is 3. The van der Waals surface area contributed by atoms with Crippen molar-refractivity contribution in [1.29, 1.82) is 0 Å². The van der Waals surface area contributed by atoms with Gasteiger partial charge in [-0.2, -0.15) is 4.52 Å². The van der Waals surface area contributed by atoms with E-state index in [1.807, 2.05) is 24.3 Å². The maximum absolute atomic E-state index is 12.6. The summed E-state index contributed by atoms with van der Waals surface area (Å²) in [5.74, 6) is 0. The van der Waals surface area contributed by atoms with Crippen molar-refractivity contribution in [3.05, 3.63) is 67.7 Å². The van der Waals surface area contributed by atoms with Gasteiger partial charge in [0, 0.05) is 23.6 Å². The number of carbonyl (C=O) groups is 1. The molecule has 0 unspecified atom stereocenters. The molecular weight excluding hydrogens is 401 g/mol. The first-order valence-electron chi connectivity index (χ1n) is 8.97. The van der Waals surface area contributed by atoms with Crippen molar-refractivity contribution in [2.45, 2.75) is 31.2 Å². The standard InChI is InChI=1S/C19H19Cl2N5O2/c1-22-18(28)23-10-11-9-14(27)26-17(24-11)15(21)16(25-26)19(7-4-8-19)12-5-2-3-6-13(12)20/h2-3,5-6,9,25H,4,7-8,10H2,1H3,(H2,22,23,28). The summed E-state index contributed by atoms with van der Waals surface area (Å²) in [5.41, 5.74) is 1.86. The van der Waals surface area contributed by atoms with E-state index < -0.39 is 0 Å². The van der Waals surface area contributed by atoms with Crippen LogP contribution in [0.5, 0.6) is 0 Å². The minimum absolute atomic E-state index is 0.123. The Labute approximate surface area is 171 Å². The Morgan fingerprint density at radius 3 is 2.71 bits per heavy atom. The predicted octanol–water partition coefficient (Wildman–Crippen LogP) is 3.23. The average Bonchev–Trinajstić information content (AvgIpc) is 2.98. The number of nitrogens with zero attached hydrogens (tertiary/aromatic N) is 2. The minimum atomic E-state index is -0.365. The van der Waals surface area contributed by atoms with Crippen molar-refractivity contribution >= 4 is 34.9 Å². The van der Waals surface area contributed by atoms with E-state index in [0.717, 1.165) is 30.5 Å². The number of halogens is 2. The normalized spacial score (nSPS) is 15.2. The largest absolute Gasteiger partial charge is 0.341 e. The Balaban J connectivity index is 1.82. The molecule has 1 aliphatic carbocycles. The molecule has 4 rings (SSSR count). The first-order chi connectivity index (χ1) is 13.5. The number of nitrogens with one attached hydrogen (secondary N) is 3. The van der Waals surface area contributed by atoms with Crippen LogP contribution in [0.25, 0.3) is 5.65 Å². The average molecular weight is 420 g/mol. The van der Waals surface area contributed by atoms with Crippen LogP contribution in [0.4, 0.5) is 4.79 Å². The maximum Gasteiger partial charge on any atom is 0.314 e. The zero-order chi connectivity index (χ0) is 19.9. The molecule has 0 aliphatic heterocycles. The molecule has 28 heavy (non-hydrogen) atoms. The van der Waals surface area contributed by atoms with Gasteiger partial charge in [-0.1, -0.05) is 47.8 Å². The van der Waals surface area contributed by atoms with Crippen molar-refractivity contribution in [2.75, 3.05) is 7.05 Å². The fraction of sp³-hybridized carbons (Fsp3) is 0.316. The summed E-state index contributed by atoms with van der Waals surface area (Å²) in [7, 11) is 1.52. The van der Waals surface area contributed by atoms with Crippen LogP contribution in [-0.2, 0) is 12.0 Å². The van der Waals surface area contributed by atoms with Crippen LogP contribution in [0.3, 0.4) is 0 Å². The van der Waals surface area contributed by atoms with E-state index in [2.05, 4.69) is 20.7 Å². The lowest BCUT2D eigenvalue weighted by atomic mass is 9.62. The highest BCUT2D eigenvalue weighted by atomic mass is 35.5. The zero-order valence-corrected chi connectivity index (χ0v) is 16.7. The summed E-state index contributed by atoms with van der Waals surface area (Å²) in [6, 6.07) is 8.73. The molecule has 1 aliphatic rings. The van der Waals surface area contributed by atoms with Crippen LogP contribution in [0.2, 0.25) is 10.0 Å². The van der Waals surface area contributed by atoms with E-state index >= 15 is 0 Å². The van der Waals surface area contributed by atoms with Gasteiger partial charge in [-0.25, -0.2) is 9.78 Å². The number of aromatic nitrogens is 3. The molecule has 2 amide bonds. The molecule has 9 heteroatoms. The van der Waals surface area contributed by atoms with Crippen molar-refractivity contribution in [3.8, 4) is 0 Å². The highest BCUT2D eigenvalue weighted by Crippen LogP contribution is 2.52. The first-order valence-corrected chi connectivity index (χ1v) is 9.73. The molecule has 7 nitrogen and oxygen atoms in total. The molecule has 2 aromatic heterocycles. The molecular formula is C19H19Cl2N5O2. The van der Waals surface area contributed by atoms with Gasteiger partial charge >= 0.3 is 6.03 Å². The third kappa shape index (κ3) is 2.95. The smallest absolute Gasteiger partial charge is 0.314 e. The van der Waals surface area contributed by atoms with Gasteiger partial charge in [0.1, 0.15) is 5.02 Å². The summed E-state index contributed by atoms with van der Waals surface area (Å²) < 4.78 is 1.35. The van der Waals surface area contributed by atoms with E-state index in [9.17, 15) is 9.59 Å². The summed E-state index contributed by atoms with van der Waals surface area (Å²) in [5, 5.41) is 9.31. The van der Waals surface area contributed by atoms with Crippen LogP contribution in [-0.4, -0.2) is 27.7 Å². The number of amides is 2. The van der Waals surface area contributed by atoms with Crippen molar-refractivity contribution in [3.63, 3.8) is 0 Å². The van der Waals surface area contributed by atoms with E-state index in [1.54, 1.807) is 0 Å². The maximum atomic E-state index is 12.6. The summed E-state index contributed by atoms with van der Waals surface area (Å²) >= 11 is 13.2. The fourth-order valence-electron chi connectivity index (χ4n) is 3.76. The van der Waals surface area contributed by atoms with Gasteiger partial charge in [0.15, 0.2) is 5.65 Å². The summed E-state index contributed by atoms with van der Waals surface area (Å²) in [4.78, 5) is 28.5. The van der Waals surface area contributed by atoms with Gasteiger partial charge in [0.05, 0.1) is 17.9 Å². The van der Waals surface area contributed by atoms with Crippen LogP contribution in [0.15, 0.2) is 35.1 Å². The number of urea groups is 1. The molecule has 3 aromatic rings. The molecule has 1 aromatic carbocycles. The Morgan fingerprint density at radius 2 is 2.07 bits per heavy atom. The molecule has 0 radical (unpaired) electrons.